The van der Waals surface area contributed by atoms with Crippen molar-refractivity contribution in [3.63, 3.8) is 0 Å². The van der Waals surface area contributed by atoms with E-state index in [1.807, 2.05) is 13.0 Å². The predicted molar refractivity (Wildman–Crippen MR) is 50.1 cm³/mol. The van der Waals surface area contributed by atoms with Gasteiger partial charge in [-0.1, -0.05) is 25.1 Å². The van der Waals surface area contributed by atoms with Crippen molar-refractivity contribution in [2.24, 2.45) is 0 Å². The van der Waals surface area contributed by atoms with E-state index in [0.29, 0.717) is 6.54 Å². The topological polar surface area (TPSA) is 22.0 Å². The van der Waals surface area contributed by atoms with Crippen molar-refractivity contribution in [1.82, 2.24) is 4.57 Å². The Balaban J connectivity index is 2.83. The highest BCUT2D eigenvalue weighted by molar-refractivity contribution is 4.99. The highest BCUT2D eigenvalue weighted by atomic mass is 16.1. The molecule has 0 aliphatic rings. The van der Waals surface area contributed by atoms with Crippen LogP contribution in [0.3, 0.4) is 0 Å². The molecule has 0 saturated heterocycles. The van der Waals surface area contributed by atoms with E-state index in [-0.39, 0.29) is 5.56 Å². The van der Waals surface area contributed by atoms with Crippen LogP contribution < -0.4 is 5.56 Å². The number of nitrogens with zero attached hydrogens (tertiary/aromatic N) is 1. The Kier molecular flexibility index (Phi) is 2.86. The van der Waals surface area contributed by atoms with Crippen LogP contribution in [0, 0.1) is 0 Å². The van der Waals surface area contributed by atoms with E-state index in [4.69, 9.17) is 0 Å². The molecule has 0 bridgehead atoms. The Hall–Kier alpha value is -1.31. The molecule has 1 rings (SSSR count). The van der Waals surface area contributed by atoms with Crippen LogP contribution in [0.4, 0.5) is 0 Å². The molecule has 2 heteroatoms. The van der Waals surface area contributed by atoms with Crippen molar-refractivity contribution in [3.05, 3.63) is 46.9 Å². The van der Waals surface area contributed by atoms with Gasteiger partial charge >= 0.3 is 0 Å². The molecule has 0 aliphatic carbocycles. The third-order valence-corrected chi connectivity index (χ3v) is 1.79. The Morgan fingerprint density at radius 3 is 2.92 bits per heavy atom. The quantitative estimate of drug-likeness (QED) is 0.623. The SMILES string of the molecule is C=C(CC)Cn1ccccc1=O. The molecule has 0 radical (unpaired) electrons. The van der Waals surface area contributed by atoms with Crippen molar-refractivity contribution < 1.29 is 0 Å². The third kappa shape index (κ3) is 2.09. The van der Waals surface area contributed by atoms with Crippen LogP contribution in [0.25, 0.3) is 0 Å². The molecule has 2 nitrogen and oxygen atoms in total. The first-order valence-corrected chi connectivity index (χ1v) is 4.06. The summed E-state index contributed by atoms with van der Waals surface area (Å²) >= 11 is 0. The fourth-order valence-electron chi connectivity index (χ4n) is 0.944. The summed E-state index contributed by atoms with van der Waals surface area (Å²) in [5.74, 6) is 0. The summed E-state index contributed by atoms with van der Waals surface area (Å²) in [4.78, 5) is 11.2. The van der Waals surface area contributed by atoms with E-state index >= 15 is 0 Å². The van der Waals surface area contributed by atoms with Gasteiger partial charge in [-0.3, -0.25) is 4.79 Å². The minimum Gasteiger partial charge on any atom is -0.311 e. The standard InChI is InChI=1S/C10H13NO/c1-3-9(2)8-11-7-5-4-6-10(11)12/h4-7H,2-3,8H2,1H3. The van der Waals surface area contributed by atoms with Gasteiger partial charge in [0.15, 0.2) is 0 Å². The van der Waals surface area contributed by atoms with Crippen LogP contribution >= 0.6 is 0 Å². The van der Waals surface area contributed by atoms with Crippen LogP contribution in [0.15, 0.2) is 41.3 Å². The van der Waals surface area contributed by atoms with Crippen molar-refractivity contribution in [3.8, 4) is 0 Å². The van der Waals surface area contributed by atoms with Crippen molar-refractivity contribution in [1.29, 1.82) is 0 Å². The van der Waals surface area contributed by atoms with E-state index in [2.05, 4.69) is 6.58 Å². The lowest BCUT2D eigenvalue weighted by molar-refractivity contribution is 0.728. The zero-order valence-corrected chi connectivity index (χ0v) is 7.29. The van der Waals surface area contributed by atoms with Crippen molar-refractivity contribution in [2.45, 2.75) is 19.9 Å². The maximum atomic E-state index is 11.2. The van der Waals surface area contributed by atoms with Gasteiger partial charge in [-0.15, -0.1) is 0 Å². The average Bonchev–Trinajstić information content (AvgIpc) is 2.09. The largest absolute Gasteiger partial charge is 0.311 e. The first kappa shape index (κ1) is 8.78. The molecule has 12 heavy (non-hydrogen) atoms. The summed E-state index contributed by atoms with van der Waals surface area (Å²) in [6, 6.07) is 5.15. The molecule has 0 aliphatic heterocycles. The van der Waals surface area contributed by atoms with Crippen LogP contribution in [-0.2, 0) is 6.54 Å². The lowest BCUT2D eigenvalue weighted by Gasteiger charge is -2.04. The summed E-state index contributed by atoms with van der Waals surface area (Å²) < 4.78 is 1.66. The van der Waals surface area contributed by atoms with Gasteiger partial charge < -0.3 is 4.57 Å². The first-order valence-electron chi connectivity index (χ1n) is 4.06. The highest BCUT2D eigenvalue weighted by Gasteiger charge is 1.94. The van der Waals surface area contributed by atoms with Gasteiger partial charge in [-0.2, -0.15) is 0 Å². The van der Waals surface area contributed by atoms with Gasteiger partial charge in [0, 0.05) is 18.8 Å². The summed E-state index contributed by atoms with van der Waals surface area (Å²) in [5.41, 5.74) is 1.11. The van der Waals surface area contributed by atoms with Crippen LogP contribution in [0.1, 0.15) is 13.3 Å². The Bertz CT molecular complexity index is 325. The van der Waals surface area contributed by atoms with Gasteiger partial charge in [-0.25, -0.2) is 0 Å². The second-order valence-corrected chi connectivity index (χ2v) is 2.77. The minimum atomic E-state index is 0.0344. The third-order valence-electron chi connectivity index (χ3n) is 1.79. The molecular formula is C10H13NO. The minimum absolute atomic E-state index is 0.0344. The average molecular weight is 163 g/mol. The zero-order valence-electron chi connectivity index (χ0n) is 7.29. The normalized spacial score (nSPS) is 9.75. The molecule has 0 amide bonds. The van der Waals surface area contributed by atoms with E-state index < -0.39 is 0 Å². The zero-order chi connectivity index (χ0) is 8.97. The molecule has 0 aromatic carbocycles. The second-order valence-electron chi connectivity index (χ2n) is 2.77. The fourth-order valence-corrected chi connectivity index (χ4v) is 0.944. The number of pyridine rings is 1. The van der Waals surface area contributed by atoms with Gasteiger partial charge in [-0.05, 0) is 12.5 Å². The van der Waals surface area contributed by atoms with E-state index in [9.17, 15) is 4.79 Å². The smallest absolute Gasteiger partial charge is 0.250 e. The van der Waals surface area contributed by atoms with Gasteiger partial charge in [0.2, 0.25) is 0 Å². The lowest BCUT2D eigenvalue weighted by atomic mass is 10.2. The number of allylic oxidation sites excluding steroid dienone is 1. The Labute approximate surface area is 72.2 Å². The molecule has 1 aromatic heterocycles. The Morgan fingerprint density at radius 2 is 2.33 bits per heavy atom. The molecular weight excluding hydrogens is 150 g/mol. The molecule has 0 saturated carbocycles. The van der Waals surface area contributed by atoms with Crippen molar-refractivity contribution >= 4 is 0 Å². The van der Waals surface area contributed by atoms with Crippen LogP contribution in [0.2, 0.25) is 0 Å². The first-order chi connectivity index (χ1) is 5.74. The summed E-state index contributed by atoms with van der Waals surface area (Å²) in [6.45, 7) is 6.52. The predicted octanol–water partition coefficient (Wildman–Crippen LogP) is 1.81. The summed E-state index contributed by atoms with van der Waals surface area (Å²) in [7, 11) is 0. The van der Waals surface area contributed by atoms with Crippen molar-refractivity contribution in [2.75, 3.05) is 0 Å². The van der Waals surface area contributed by atoms with Gasteiger partial charge in [0.25, 0.3) is 5.56 Å². The summed E-state index contributed by atoms with van der Waals surface area (Å²) in [6.07, 6.45) is 2.70. The summed E-state index contributed by atoms with van der Waals surface area (Å²) in [5, 5.41) is 0. The van der Waals surface area contributed by atoms with Crippen LogP contribution in [-0.4, -0.2) is 4.57 Å². The van der Waals surface area contributed by atoms with E-state index in [1.54, 1.807) is 22.9 Å². The van der Waals surface area contributed by atoms with E-state index in [1.165, 1.54) is 0 Å². The molecule has 1 aromatic rings. The number of hydrogen-bond donors (Lipinski definition) is 0. The molecule has 0 unspecified atom stereocenters. The maximum absolute atomic E-state index is 11.2. The van der Waals surface area contributed by atoms with Gasteiger partial charge in [0.1, 0.15) is 0 Å². The number of aromatic nitrogens is 1. The maximum Gasteiger partial charge on any atom is 0.250 e. The Morgan fingerprint density at radius 1 is 1.58 bits per heavy atom. The molecule has 1 heterocycles. The van der Waals surface area contributed by atoms with Gasteiger partial charge in [0.05, 0.1) is 0 Å². The number of rotatable bonds is 3. The van der Waals surface area contributed by atoms with E-state index in [0.717, 1.165) is 12.0 Å². The second kappa shape index (κ2) is 3.90. The molecule has 0 spiro atoms. The monoisotopic (exact) mass is 163 g/mol. The molecule has 0 N–H and O–H groups in total. The molecule has 0 fully saturated rings. The van der Waals surface area contributed by atoms with Crippen LogP contribution in [0.5, 0.6) is 0 Å². The lowest BCUT2D eigenvalue weighted by Crippen LogP contribution is -2.18. The fraction of sp³-hybridized carbons (Fsp3) is 0.300. The number of hydrogen-bond acceptors (Lipinski definition) is 1. The highest BCUT2D eigenvalue weighted by Crippen LogP contribution is 1.98. The molecule has 64 valence electrons. The molecule has 0 atom stereocenters.